The first-order valence-corrected chi connectivity index (χ1v) is 5.99. The number of amides is 1. The van der Waals surface area contributed by atoms with Crippen molar-refractivity contribution in [3.63, 3.8) is 0 Å². The van der Waals surface area contributed by atoms with Gasteiger partial charge in [-0.25, -0.2) is 0 Å². The second-order valence-corrected chi connectivity index (χ2v) is 4.33. The third-order valence-electron chi connectivity index (χ3n) is 3.27. The minimum absolute atomic E-state index is 0.0442. The van der Waals surface area contributed by atoms with E-state index in [4.69, 9.17) is 10.6 Å². The molecule has 0 aromatic carbocycles. The molecule has 0 radical (unpaired) electrons. The first kappa shape index (κ1) is 12.8. The first-order chi connectivity index (χ1) is 8.74. The quantitative estimate of drug-likeness (QED) is 0.607. The molecule has 0 bridgehead atoms. The van der Waals surface area contributed by atoms with Crippen LogP contribution >= 0.6 is 0 Å². The first-order valence-electron chi connectivity index (χ1n) is 5.99. The fourth-order valence-electron chi connectivity index (χ4n) is 2.12. The Balaban J connectivity index is 2.14. The number of ether oxygens (including phenoxy) is 1. The van der Waals surface area contributed by atoms with E-state index >= 15 is 0 Å². The number of hydrazine groups is 1. The molecular formula is C12H18N4O2. The largest absolute Gasteiger partial charge is 0.381 e. The molecule has 1 aromatic rings. The van der Waals surface area contributed by atoms with Crippen LogP contribution in [0.1, 0.15) is 23.2 Å². The molecule has 2 rings (SSSR count). The van der Waals surface area contributed by atoms with Gasteiger partial charge in [-0.3, -0.25) is 15.6 Å². The minimum Gasteiger partial charge on any atom is -0.381 e. The van der Waals surface area contributed by atoms with Crippen LogP contribution in [0.5, 0.6) is 0 Å². The Hall–Kier alpha value is -1.66. The number of hydrogen-bond acceptors (Lipinski definition) is 5. The fourth-order valence-corrected chi connectivity index (χ4v) is 2.12. The van der Waals surface area contributed by atoms with E-state index in [2.05, 4.69) is 10.4 Å². The average Bonchev–Trinajstić information content (AvgIpc) is 2.46. The van der Waals surface area contributed by atoms with E-state index in [0.29, 0.717) is 24.5 Å². The number of pyridine rings is 1. The highest BCUT2D eigenvalue weighted by Crippen LogP contribution is 2.19. The van der Waals surface area contributed by atoms with Crippen LogP contribution in [0.4, 0.5) is 5.69 Å². The van der Waals surface area contributed by atoms with Gasteiger partial charge in [0.1, 0.15) is 0 Å². The van der Waals surface area contributed by atoms with Gasteiger partial charge >= 0.3 is 0 Å². The van der Waals surface area contributed by atoms with Crippen molar-refractivity contribution in [1.29, 1.82) is 0 Å². The second-order valence-electron chi connectivity index (χ2n) is 4.33. The maximum atomic E-state index is 12.4. The summed E-state index contributed by atoms with van der Waals surface area (Å²) >= 11 is 0. The highest BCUT2D eigenvalue weighted by Gasteiger charge is 2.24. The summed E-state index contributed by atoms with van der Waals surface area (Å²) in [6, 6.07) is 1.90. The molecule has 2 heterocycles. The lowest BCUT2D eigenvalue weighted by atomic mass is 10.1. The van der Waals surface area contributed by atoms with Crippen LogP contribution in [0.3, 0.4) is 0 Å². The lowest BCUT2D eigenvalue weighted by Crippen LogP contribution is -2.41. The van der Waals surface area contributed by atoms with Crippen LogP contribution in [0.15, 0.2) is 18.5 Å². The predicted octanol–water partition coefficient (Wildman–Crippen LogP) is 0.618. The van der Waals surface area contributed by atoms with E-state index in [1.807, 2.05) is 7.05 Å². The zero-order valence-electron chi connectivity index (χ0n) is 10.4. The number of nitrogens with one attached hydrogen (secondary N) is 1. The monoisotopic (exact) mass is 250 g/mol. The maximum Gasteiger partial charge on any atom is 0.256 e. The summed E-state index contributed by atoms with van der Waals surface area (Å²) in [5.74, 6) is 5.34. The number of nitrogens with zero attached hydrogens (tertiary/aromatic N) is 2. The van der Waals surface area contributed by atoms with E-state index in [1.165, 1.54) is 0 Å². The molecule has 1 aliphatic heterocycles. The Morgan fingerprint density at radius 3 is 2.94 bits per heavy atom. The number of aromatic nitrogens is 1. The highest BCUT2D eigenvalue weighted by molar-refractivity contribution is 5.99. The Bertz CT molecular complexity index is 418. The topological polar surface area (TPSA) is 80.5 Å². The van der Waals surface area contributed by atoms with Crippen molar-refractivity contribution >= 4 is 11.6 Å². The SMILES string of the molecule is CN(C(=O)c1ccncc1NN)C1CCOCC1. The van der Waals surface area contributed by atoms with Gasteiger partial charge in [-0.05, 0) is 18.9 Å². The molecule has 3 N–H and O–H groups in total. The Labute approximate surface area is 106 Å². The van der Waals surface area contributed by atoms with Crippen LogP contribution < -0.4 is 11.3 Å². The number of nitrogen functional groups attached to an aromatic ring is 1. The van der Waals surface area contributed by atoms with E-state index < -0.39 is 0 Å². The van der Waals surface area contributed by atoms with Crippen molar-refractivity contribution in [3.8, 4) is 0 Å². The van der Waals surface area contributed by atoms with E-state index in [1.54, 1.807) is 23.4 Å². The van der Waals surface area contributed by atoms with Gasteiger partial charge in [0.15, 0.2) is 0 Å². The molecule has 18 heavy (non-hydrogen) atoms. The Morgan fingerprint density at radius 2 is 2.28 bits per heavy atom. The van der Waals surface area contributed by atoms with Crippen LogP contribution in [-0.4, -0.2) is 42.1 Å². The van der Waals surface area contributed by atoms with Crippen LogP contribution in [-0.2, 0) is 4.74 Å². The van der Waals surface area contributed by atoms with Crippen molar-refractivity contribution in [2.45, 2.75) is 18.9 Å². The molecule has 0 atom stereocenters. The molecular weight excluding hydrogens is 232 g/mol. The molecule has 1 aliphatic rings. The number of rotatable bonds is 3. The van der Waals surface area contributed by atoms with Gasteiger partial charge in [0, 0.05) is 32.5 Å². The maximum absolute atomic E-state index is 12.4. The number of nitrogens with two attached hydrogens (primary N) is 1. The number of carbonyl (C=O) groups is 1. The molecule has 98 valence electrons. The van der Waals surface area contributed by atoms with Crippen LogP contribution in [0, 0.1) is 0 Å². The van der Waals surface area contributed by atoms with Crippen LogP contribution in [0.25, 0.3) is 0 Å². The molecule has 1 saturated heterocycles. The molecule has 0 aliphatic carbocycles. The van der Waals surface area contributed by atoms with Crippen molar-refractivity contribution in [2.75, 3.05) is 25.7 Å². The summed E-state index contributed by atoms with van der Waals surface area (Å²) in [4.78, 5) is 18.1. The zero-order chi connectivity index (χ0) is 13.0. The van der Waals surface area contributed by atoms with Crippen LogP contribution in [0.2, 0.25) is 0 Å². The number of anilines is 1. The molecule has 0 spiro atoms. The molecule has 1 amide bonds. The molecule has 1 aromatic heterocycles. The summed E-state index contributed by atoms with van der Waals surface area (Å²) in [6.45, 7) is 1.42. The third-order valence-corrected chi connectivity index (χ3v) is 3.27. The zero-order valence-corrected chi connectivity index (χ0v) is 10.4. The molecule has 1 fully saturated rings. The van der Waals surface area contributed by atoms with Crippen molar-refractivity contribution in [2.24, 2.45) is 5.84 Å². The summed E-state index contributed by atoms with van der Waals surface area (Å²) in [7, 11) is 1.82. The van der Waals surface area contributed by atoms with Gasteiger partial charge in [-0.15, -0.1) is 0 Å². The highest BCUT2D eigenvalue weighted by atomic mass is 16.5. The van der Waals surface area contributed by atoms with Gasteiger partial charge in [0.2, 0.25) is 0 Å². The number of hydrogen-bond donors (Lipinski definition) is 2. The number of carbonyl (C=O) groups excluding carboxylic acids is 1. The summed E-state index contributed by atoms with van der Waals surface area (Å²) in [5.41, 5.74) is 3.59. The second kappa shape index (κ2) is 5.79. The van der Waals surface area contributed by atoms with E-state index in [9.17, 15) is 4.79 Å². The van der Waals surface area contributed by atoms with Crippen molar-refractivity contribution < 1.29 is 9.53 Å². The van der Waals surface area contributed by atoms with Gasteiger partial charge in [-0.2, -0.15) is 0 Å². The third kappa shape index (κ3) is 2.60. The minimum atomic E-state index is -0.0442. The standard InChI is InChI=1S/C12H18N4O2/c1-16(9-3-6-18-7-4-9)12(17)10-2-5-14-8-11(10)15-13/h2,5,8-9,15H,3-4,6-7,13H2,1H3. The normalized spacial score (nSPS) is 16.3. The summed E-state index contributed by atoms with van der Waals surface area (Å²) in [5, 5.41) is 0. The van der Waals surface area contributed by atoms with E-state index in [-0.39, 0.29) is 11.9 Å². The van der Waals surface area contributed by atoms with E-state index in [0.717, 1.165) is 12.8 Å². The molecule has 0 unspecified atom stereocenters. The average molecular weight is 250 g/mol. The Morgan fingerprint density at radius 1 is 1.56 bits per heavy atom. The van der Waals surface area contributed by atoms with Gasteiger partial charge in [0.25, 0.3) is 5.91 Å². The predicted molar refractivity (Wildman–Crippen MR) is 68.0 cm³/mol. The lowest BCUT2D eigenvalue weighted by Gasteiger charge is -2.31. The lowest BCUT2D eigenvalue weighted by molar-refractivity contribution is 0.0362. The smallest absolute Gasteiger partial charge is 0.256 e. The van der Waals surface area contributed by atoms with Gasteiger partial charge in [0.05, 0.1) is 17.4 Å². The summed E-state index contributed by atoms with van der Waals surface area (Å²) < 4.78 is 5.30. The Kier molecular flexibility index (Phi) is 4.11. The fraction of sp³-hybridized carbons (Fsp3) is 0.500. The summed E-state index contributed by atoms with van der Waals surface area (Å²) in [6.07, 6.45) is 4.88. The van der Waals surface area contributed by atoms with Crippen molar-refractivity contribution in [3.05, 3.63) is 24.0 Å². The van der Waals surface area contributed by atoms with Gasteiger partial charge in [-0.1, -0.05) is 0 Å². The molecule has 6 nitrogen and oxygen atoms in total. The molecule has 6 heteroatoms. The molecule has 0 saturated carbocycles. The van der Waals surface area contributed by atoms with Gasteiger partial charge < -0.3 is 15.1 Å². The van der Waals surface area contributed by atoms with Crippen molar-refractivity contribution in [1.82, 2.24) is 9.88 Å².